The van der Waals surface area contributed by atoms with Crippen LogP contribution in [-0.4, -0.2) is 62.2 Å². The van der Waals surface area contributed by atoms with E-state index in [1.165, 1.54) is 41.8 Å². The minimum absolute atomic E-state index is 0.568. The lowest BCUT2D eigenvalue weighted by atomic mass is 10.00. The van der Waals surface area contributed by atoms with E-state index in [4.69, 9.17) is 0 Å². The SMILES string of the molecule is CCCNC(Cc1sccc1Br)CC1CN(C)CCN1C. The van der Waals surface area contributed by atoms with Crippen LogP contribution in [0.25, 0.3) is 0 Å². The fourth-order valence-corrected chi connectivity index (χ4v) is 4.56. The van der Waals surface area contributed by atoms with Gasteiger partial charge in [0.2, 0.25) is 0 Å². The van der Waals surface area contributed by atoms with Crippen LogP contribution in [0.3, 0.4) is 0 Å². The summed E-state index contributed by atoms with van der Waals surface area (Å²) in [5.41, 5.74) is 0. The van der Waals surface area contributed by atoms with E-state index < -0.39 is 0 Å². The second-order valence-corrected chi connectivity index (χ2v) is 8.03. The summed E-state index contributed by atoms with van der Waals surface area (Å²) in [6.45, 7) is 6.92. The van der Waals surface area contributed by atoms with E-state index in [-0.39, 0.29) is 0 Å². The fourth-order valence-electron chi connectivity index (χ4n) is 2.97. The van der Waals surface area contributed by atoms with Gasteiger partial charge in [-0.15, -0.1) is 11.3 Å². The standard InChI is InChI=1S/C16H28BrN3S/c1-4-6-18-13(11-16-15(17)5-9-21-16)10-14-12-19(2)7-8-20(14)3/h5,9,13-14,18H,4,6-8,10-12H2,1-3H3. The van der Waals surface area contributed by atoms with Gasteiger partial charge in [0, 0.05) is 41.1 Å². The molecule has 5 heteroatoms. The summed E-state index contributed by atoms with van der Waals surface area (Å²) in [6, 6.07) is 3.40. The molecule has 0 spiro atoms. The molecule has 0 aromatic carbocycles. The maximum atomic E-state index is 3.76. The van der Waals surface area contributed by atoms with Crippen molar-refractivity contribution in [3.63, 3.8) is 0 Å². The maximum Gasteiger partial charge on any atom is 0.0314 e. The molecule has 1 saturated heterocycles. The number of nitrogens with zero attached hydrogens (tertiary/aromatic N) is 2. The van der Waals surface area contributed by atoms with E-state index in [0.717, 1.165) is 13.0 Å². The van der Waals surface area contributed by atoms with Crippen molar-refractivity contribution in [3.8, 4) is 0 Å². The van der Waals surface area contributed by atoms with Gasteiger partial charge in [-0.25, -0.2) is 0 Å². The van der Waals surface area contributed by atoms with Crippen LogP contribution in [0.4, 0.5) is 0 Å². The third kappa shape index (κ3) is 5.32. The number of piperazine rings is 1. The van der Waals surface area contributed by atoms with Crippen molar-refractivity contribution in [2.45, 2.75) is 38.3 Å². The summed E-state index contributed by atoms with van der Waals surface area (Å²) in [5.74, 6) is 0. The number of hydrogen-bond acceptors (Lipinski definition) is 4. The van der Waals surface area contributed by atoms with Crippen LogP contribution < -0.4 is 5.32 Å². The molecule has 0 saturated carbocycles. The summed E-state index contributed by atoms with van der Waals surface area (Å²) in [7, 11) is 4.51. The van der Waals surface area contributed by atoms with Gasteiger partial charge in [-0.05, 0) is 67.3 Å². The Kier molecular flexibility index (Phi) is 7.16. The fraction of sp³-hybridized carbons (Fsp3) is 0.750. The van der Waals surface area contributed by atoms with Crippen LogP contribution in [0.15, 0.2) is 15.9 Å². The zero-order valence-corrected chi connectivity index (χ0v) is 15.8. The molecule has 2 heterocycles. The van der Waals surface area contributed by atoms with E-state index in [1.807, 2.05) is 11.3 Å². The third-order valence-electron chi connectivity index (χ3n) is 4.34. The highest BCUT2D eigenvalue weighted by Crippen LogP contribution is 2.25. The molecule has 2 rings (SSSR count). The molecule has 0 radical (unpaired) electrons. The molecule has 3 nitrogen and oxygen atoms in total. The van der Waals surface area contributed by atoms with E-state index >= 15 is 0 Å². The van der Waals surface area contributed by atoms with Gasteiger partial charge in [0.25, 0.3) is 0 Å². The summed E-state index contributed by atoms with van der Waals surface area (Å²) >= 11 is 5.54. The lowest BCUT2D eigenvalue weighted by Crippen LogP contribution is -2.52. The molecule has 1 N–H and O–H groups in total. The van der Waals surface area contributed by atoms with Gasteiger partial charge in [0.1, 0.15) is 0 Å². The smallest absolute Gasteiger partial charge is 0.0314 e. The highest BCUT2D eigenvalue weighted by atomic mass is 79.9. The molecule has 1 aliphatic heterocycles. The molecule has 1 fully saturated rings. The van der Waals surface area contributed by atoms with Crippen molar-refractivity contribution in [1.82, 2.24) is 15.1 Å². The maximum absolute atomic E-state index is 3.76. The van der Waals surface area contributed by atoms with Gasteiger partial charge < -0.3 is 15.1 Å². The Hall–Kier alpha value is 0.0600. The van der Waals surface area contributed by atoms with Crippen LogP contribution in [0.5, 0.6) is 0 Å². The lowest BCUT2D eigenvalue weighted by molar-refractivity contribution is 0.101. The molecule has 21 heavy (non-hydrogen) atoms. The van der Waals surface area contributed by atoms with E-state index in [0.29, 0.717) is 12.1 Å². The first-order chi connectivity index (χ1) is 10.1. The topological polar surface area (TPSA) is 18.5 Å². The number of hydrogen-bond donors (Lipinski definition) is 1. The lowest BCUT2D eigenvalue weighted by Gasteiger charge is -2.39. The number of halogens is 1. The highest BCUT2D eigenvalue weighted by molar-refractivity contribution is 9.10. The summed E-state index contributed by atoms with van der Waals surface area (Å²) in [5, 5.41) is 5.94. The predicted octanol–water partition coefficient (Wildman–Crippen LogP) is 3.06. The average Bonchev–Trinajstić information content (AvgIpc) is 2.85. The van der Waals surface area contributed by atoms with Gasteiger partial charge >= 0.3 is 0 Å². The highest BCUT2D eigenvalue weighted by Gasteiger charge is 2.25. The van der Waals surface area contributed by atoms with Crippen LogP contribution >= 0.6 is 27.3 Å². The van der Waals surface area contributed by atoms with Crippen LogP contribution in [0.2, 0.25) is 0 Å². The third-order valence-corrected chi connectivity index (χ3v) is 6.29. The second-order valence-electron chi connectivity index (χ2n) is 6.18. The number of likely N-dealkylation sites (N-methyl/N-ethyl adjacent to an activating group) is 2. The first kappa shape index (κ1) is 17.4. The van der Waals surface area contributed by atoms with Crippen molar-refractivity contribution in [1.29, 1.82) is 0 Å². The van der Waals surface area contributed by atoms with Crippen LogP contribution in [0.1, 0.15) is 24.6 Å². The van der Waals surface area contributed by atoms with Crippen LogP contribution in [0, 0.1) is 0 Å². The Balaban J connectivity index is 1.96. The molecule has 0 bridgehead atoms. The van der Waals surface area contributed by atoms with Gasteiger partial charge in [-0.2, -0.15) is 0 Å². The van der Waals surface area contributed by atoms with E-state index in [1.54, 1.807) is 0 Å². The normalized spacial score (nSPS) is 22.6. The number of rotatable bonds is 7. The minimum Gasteiger partial charge on any atom is -0.314 e. The molecule has 0 amide bonds. The first-order valence-corrected chi connectivity index (χ1v) is 9.61. The van der Waals surface area contributed by atoms with Gasteiger partial charge in [0.05, 0.1) is 0 Å². The predicted molar refractivity (Wildman–Crippen MR) is 96.3 cm³/mol. The minimum atomic E-state index is 0.568. The van der Waals surface area contributed by atoms with Crippen molar-refractivity contribution < 1.29 is 0 Å². The van der Waals surface area contributed by atoms with Gasteiger partial charge in [-0.3, -0.25) is 0 Å². The number of nitrogens with one attached hydrogen (secondary N) is 1. The quantitative estimate of drug-likeness (QED) is 0.792. The summed E-state index contributed by atoms with van der Waals surface area (Å²) in [4.78, 5) is 6.46. The van der Waals surface area contributed by atoms with E-state index in [9.17, 15) is 0 Å². The van der Waals surface area contributed by atoms with E-state index in [2.05, 4.69) is 63.5 Å². The monoisotopic (exact) mass is 373 g/mol. The van der Waals surface area contributed by atoms with Crippen molar-refractivity contribution in [2.75, 3.05) is 40.3 Å². The summed E-state index contributed by atoms with van der Waals surface area (Å²) < 4.78 is 1.27. The number of thiophene rings is 1. The van der Waals surface area contributed by atoms with Crippen molar-refractivity contribution in [2.24, 2.45) is 0 Å². The van der Waals surface area contributed by atoms with Gasteiger partial charge in [-0.1, -0.05) is 6.92 Å². The largest absolute Gasteiger partial charge is 0.314 e. The Morgan fingerprint density at radius 1 is 1.43 bits per heavy atom. The average molecular weight is 374 g/mol. The molecule has 1 aliphatic rings. The zero-order valence-electron chi connectivity index (χ0n) is 13.4. The Morgan fingerprint density at radius 2 is 2.24 bits per heavy atom. The second kappa shape index (κ2) is 8.63. The Bertz CT molecular complexity index is 423. The van der Waals surface area contributed by atoms with Gasteiger partial charge in [0.15, 0.2) is 0 Å². The molecule has 1 aromatic rings. The molecule has 120 valence electrons. The molecule has 2 unspecified atom stereocenters. The van der Waals surface area contributed by atoms with Crippen LogP contribution in [-0.2, 0) is 6.42 Å². The Labute approximate surface area is 141 Å². The molecular formula is C16H28BrN3S. The summed E-state index contributed by atoms with van der Waals surface area (Å²) in [6.07, 6.45) is 3.56. The van der Waals surface area contributed by atoms with Crippen molar-refractivity contribution >= 4 is 27.3 Å². The van der Waals surface area contributed by atoms with Crippen molar-refractivity contribution in [3.05, 3.63) is 20.8 Å². The Morgan fingerprint density at radius 3 is 2.90 bits per heavy atom. The molecule has 0 aliphatic carbocycles. The first-order valence-electron chi connectivity index (χ1n) is 7.94. The molecule has 1 aromatic heterocycles. The molecule has 2 atom stereocenters. The zero-order chi connectivity index (χ0) is 15.2. The molecular weight excluding hydrogens is 346 g/mol.